The van der Waals surface area contributed by atoms with Crippen molar-refractivity contribution in [3.63, 3.8) is 0 Å². The van der Waals surface area contributed by atoms with Crippen molar-refractivity contribution in [1.82, 2.24) is 9.80 Å². The summed E-state index contributed by atoms with van der Waals surface area (Å²) in [6.07, 6.45) is 6.24. The maximum Gasteiger partial charge on any atom is 0.150 e. The molecule has 0 bridgehead atoms. The van der Waals surface area contributed by atoms with Crippen molar-refractivity contribution < 1.29 is 4.79 Å². The van der Waals surface area contributed by atoms with Crippen molar-refractivity contribution in [2.45, 2.75) is 45.2 Å². The van der Waals surface area contributed by atoms with Gasteiger partial charge in [0.2, 0.25) is 0 Å². The predicted molar refractivity (Wildman–Crippen MR) is 116 cm³/mol. The number of aldehydes is 1. The molecule has 4 rings (SSSR count). The van der Waals surface area contributed by atoms with Crippen molar-refractivity contribution in [1.29, 1.82) is 0 Å². The first-order chi connectivity index (χ1) is 13.7. The van der Waals surface area contributed by atoms with E-state index in [1.807, 2.05) is 6.07 Å². The second-order valence-electron chi connectivity index (χ2n) is 8.65. The molecule has 0 aromatic heterocycles. The lowest BCUT2D eigenvalue weighted by Gasteiger charge is -2.42. The number of carbonyl (C=O) groups excluding carboxylic acids is 1. The lowest BCUT2D eigenvalue weighted by atomic mass is 9.94. The lowest BCUT2D eigenvalue weighted by Crippen LogP contribution is -2.50. The van der Waals surface area contributed by atoms with Gasteiger partial charge in [0.1, 0.15) is 6.29 Å². The highest BCUT2D eigenvalue weighted by atomic mass is 16.1. The molecule has 1 atom stereocenters. The zero-order chi connectivity index (χ0) is 19.3. The van der Waals surface area contributed by atoms with Gasteiger partial charge in [0, 0.05) is 24.7 Å². The van der Waals surface area contributed by atoms with E-state index in [-0.39, 0.29) is 0 Å². The van der Waals surface area contributed by atoms with Crippen LogP contribution in [-0.2, 0) is 6.54 Å². The minimum absolute atomic E-state index is 0.690. The molecule has 2 heterocycles. The molecule has 0 amide bonds. The molecule has 0 radical (unpaired) electrons. The van der Waals surface area contributed by atoms with Crippen LogP contribution in [0.3, 0.4) is 0 Å². The number of nitrogens with zero attached hydrogens (tertiary/aromatic N) is 2. The lowest BCUT2D eigenvalue weighted by molar-refractivity contribution is 0.0684. The van der Waals surface area contributed by atoms with Gasteiger partial charge in [-0.2, -0.15) is 0 Å². The van der Waals surface area contributed by atoms with Crippen molar-refractivity contribution in [3.05, 3.63) is 59.7 Å². The number of piperidine rings is 2. The van der Waals surface area contributed by atoms with E-state index in [1.165, 1.54) is 55.5 Å². The van der Waals surface area contributed by atoms with E-state index >= 15 is 0 Å². The first-order valence-electron chi connectivity index (χ1n) is 10.8. The second-order valence-corrected chi connectivity index (χ2v) is 8.65. The van der Waals surface area contributed by atoms with Gasteiger partial charge in [-0.25, -0.2) is 0 Å². The normalized spacial score (nSPS) is 22.2. The van der Waals surface area contributed by atoms with Gasteiger partial charge < -0.3 is 0 Å². The molecule has 0 spiro atoms. The average molecular weight is 377 g/mol. The van der Waals surface area contributed by atoms with Crippen LogP contribution in [0.1, 0.15) is 48.5 Å². The van der Waals surface area contributed by atoms with E-state index in [4.69, 9.17) is 0 Å². The average Bonchev–Trinajstić information content (AvgIpc) is 2.75. The number of carbonyl (C=O) groups is 1. The summed E-state index contributed by atoms with van der Waals surface area (Å²) in [5, 5.41) is 0. The largest absolute Gasteiger partial charge is 0.299 e. The Kier molecular flexibility index (Phi) is 6.23. The Morgan fingerprint density at radius 2 is 1.79 bits per heavy atom. The van der Waals surface area contributed by atoms with Gasteiger partial charge in [-0.3, -0.25) is 14.6 Å². The number of rotatable bonds is 5. The van der Waals surface area contributed by atoms with Gasteiger partial charge in [0.05, 0.1) is 0 Å². The van der Waals surface area contributed by atoms with Crippen LogP contribution >= 0.6 is 0 Å². The summed E-state index contributed by atoms with van der Waals surface area (Å²) in [4.78, 5) is 16.7. The fraction of sp³-hybridized carbons (Fsp3) is 0.480. The molecule has 2 aliphatic heterocycles. The summed E-state index contributed by atoms with van der Waals surface area (Å²) < 4.78 is 0. The van der Waals surface area contributed by atoms with Gasteiger partial charge in [-0.1, -0.05) is 49.4 Å². The molecule has 2 saturated heterocycles. The van der Waals surface area contributed by atoms with Crippen molar-refractivity contribution in [2.75, 3.05) is 26.2 Å². The molecule has 0 saturated carbocycles. The van der Waals surface area contributed by atoms with Crippen molar-refractivity contribution in [3.8, 4) is 11.1 Å². The highest BCUT2D eigenvalue weighted by Gasteiger charge is 2.28. The molecule has 2 aromatic carbocycles. The van der Waals surface area contributed by atoms with Crippen molar-refractivity contribution >= 4 is 6.29 Å². The van der Waals surface area contributed by atoms with Crippen LogP contribution in [0.15, 0.2) is 48.5 Å². The molecule has 3 nitrogen and oxygen atoms in total. The Hall–Kier alpha value is -1.97. The summed E-state index contributed by atoms with van der Waals surface area (Å²) in [5.74, 6) is 0.885. The summed E-state index contributed by atoms with van der Waals surface area (Å²) in [7, 11) is 0. The van der Waals surface area contributed by atoms with Crippen LogP contribution in [0, 0.1) is 5.92 Å². The van der Waals surface area contributed by atoms with Crippen LogP contribution in [0.5, 0.6) is 0 Å². The van der Waals surface area contributed by atoms with Crippen LogP contribution in [0.25, 0.3) is 11.1 Å². The maximum atomic E-state index is 11.4. The van der Waals surface area contributed by atoms with E-state index in [9.17, 15) is 4.79 Å². The van der Waals surface area contributed by atoms with Gasteiger partial charge in [0.15, 0.2) is 0 Å². The molecule has 2 aromatic rings. The van der Waals surface area contributed by atoms with Gasteiger partial charge in [-0.05, 0) is 74.0 Å². The summed E-state index contributed by atoms with van der Waals surface area (Å²) in [6, 6.07) is 17.4. The molecule has 2 fully saturated rings. The standard InChI is InChI=1S/C25H32N2O/c1-20-11-14-27(15-12-20)24-8-5-13-26(18-24)17-23-16-21(19-28)9-10-25(23)22-6-3-2-4-7-22/h2-4,6-7,9-10,16,19-20,24H,5,8,11-15,17-18H2,1H3. The predicted octanol–water partition coefficient (Wildman–Crippen LogP) is 4.86. The van der Waals surface area contributed by atoms with E-state index in [0.29, 0.717) is 6.04 Å². The van der Waals surface area contributed by atoms with Crippen LogP contribution in [0.2, 0.25) is 0 Å². The molecule has 28 heavy (non-hydrogen) atoms. The van der Waals surface area contributed by atoms with Crippen molar-refractivity contribution in [2.24, 2.45) is 5.92 Å². The first-order valence-corrected chi connectivity index (χ1v) is 10.8. The fourth-order valence-corrected chi connectivity index (χ4v) is 4.82. The quantitative estimate of drug-likeness (QED) is 0.696. The number of hydrogen-bond donors (Lipinski definition) is 0. The van der Waals surface area contributed by atoms with E-state index in [0.717, 1.165) is 37.4 Å². The number of hydrogen-bond acceptors (Lipinski definition) is 3. The topological polar surface area (TPSA) is 23.6 Å². The molecule has 0 N–H and O–H groups in total. The van der Waals surface area contributed by atoms with E-state index < -0.39 is 0 Å². The Bertz CT molecular complexity index is 780. The molecule has 3 heteroatoms. The zero-order valence-electron chi connectivity index (χ0n) is 17.0. The van der Waals surface area contributed by atoms with Crippen LogP contribution in [-0.4, -0.2) is 48.3 Å². The maximum absolute atomic E-state index is 11.4. The fourth-order valence-electron chi connectivity index (χ4n) is 4.82. The SMILES string of the molecule is CC1CCN(C2CCCN(Cc3cc(C=O)ccc3-c3ccccc3)C2)CC1. The van der Waals surface area contributed by atoms with Crippen LogP contribution in [0.4, 0.5) is 0 Å². The number of benzene rings is 2. The minimum Gasteiger partial charge on any atom is -0.299 e. The third-order valence-corrected chi connectivity index (χ3v) is 6.56. The van der Waals surface area contributed by atoms with Gasteiger partial charge >= 0.3 is 0 Å². The number of likely N-dealkylation sites (tertiary alicyclic amines) is 2. The first kappa shape index (κ1) is 19.4. The van der Waals surface area contributed by atoms with Gasteiger partial charge in [0.25, 0.3) is 0 Å². The third-order valence-electron chi connectivity index (χ3n) is 6.56. The monoisotopic (exact) mass is 376 g/mol. The Labute approximate surface area is 169 Å². The molecule has 1 unspecified atom stereocenters. The van der Waals surface area contributed by atoms with E-state index in [2.05, 4.69) is 59.2 Å². The molecule has 2 aliphatic rings. The molecule has 0 aliphatic carbocycles. The molecule has 148 valence electrons. The Balaban J connectivity index is 1.50. The van der Waals surface area contributed by atoms with Crippen LogP contribution < -0.4 is 0 Å². The summed E-state index contributed by atoms with van der Waals surface area (Å²) in [6.45, 7) is 8.13. The zero-order valence-corrected chi connectivity index (χ0v) is 17.0. The molecular weight excluding hydrogens is 344 g/mol. The highest BCUT2D eigenvalue weighted by Crippen LogP contribution is 2.28. The summed E-state index contributed by atoms with van der Waals surface area (Å²) >= 11 is 0. The Morgan fingerprint density at radius 1 is 1.00 bits per heavy atom. The minimum atomic E-state index is 0.690. The highest BCUT2D eigenvalue weighted by molar-refractivity contribution is 5.78. The summed E-state index contributed by atoms with van der Waals surface area (Å²) in [5.41, 5.74) is 4.52. The van der Waals surface area contributed by atoms with E-state index in [1.54, 1.807) is 0 Å². The van der Waals surface area contributed by atoms with Gasteiger partial charge in [-0.15, -0.1) is 0 Å². The Morgan fingerprint density at radius 3 is 2.54 bits per heavy atom. The smallest absolute Gasteiger partial charge is 0.150 e. The second kappa shape index (κ2) is 9.02. The third kappa shape index (κ3) is 4.53. The molecular formula is C25H32N2O.